The summed E-state index contributed by atoms with van der Waals surface area (Å²) < 4.78 is 0. The molecule has 0 aliphatic carbocycles. The second-order valence-electron chi connectivity index (χ2n) is 5.60. The molecular weight excluding hydrogens is 244 g/mol. The Morgan fingerprint density at radius 1 is 0.900 bits per heavy atom. The van der Waals surface area contributed by atoms with E-state index >= 15 is 0 Å². The van der Waals surface area contributed by atoms with Gasteiger partial charge in [-0.05, 0) is 25.7 Å². The summed E-state index contributed by atoms with van der Waals surface area (Å²) in [6, 6.07) is 0. The van der Waals surface area contributed by atoms with Gasteiger partial charge in [0.15, 0.2) is 0 Å². The second kappa shape index (κ2) is 14.3. The van der Waals surface area contributed by atoms with Crippen LogP contribution in [-0.4, -0.2) is 6.54 Å². The smallest absolute Gasteiger partial charge is 0.102 e. The standard InChI is InChI=1S/C17H31N.CN/c1-3-5-7-8-9-10-11-14-18-15-13-17(16-18)12-6-4-2;1-2/h13,15-16H,3-12,14H2,1-2H3;/q;-1/p+1. The first-order valence-electron chi connectivity index (χ1n) is 8.33. The SMILES string of the molecule is CCCCCCCCC[NH+]1C=CC(CCCC)=C1.[C-]#N. The van der Waals surface area contributed by atoms with Crippen molar-refractivity contribution in [2.45, 2.75) is 78.1 Å². The van der Waals surface area contributed by atoms with Gasteiger partial charge in [-0.2, -0.15) is 0 Å². The van der Waals surface area contributed by atoms with E-state index < -0.39 is 0 Å². The van der Waals surface area contributed by atoms with Crippen LogP contribution in [0.4, 0.5) is 0 Å². The van der Waals surface area contributed by atoms with E-state index in [4.69, 9.17) is 11.8 Å². The molecule has 1 aliphatic heterocycles. The molecule has 0 aromatic carbocycles. The number of rotatable bonds is 11. The van der Waals surface area contributed by atoms with E-state index in [2.05, 4.69) is 32.3 Å². The maximum Gasteiger partial charge on any atom is 0.102 e. The quantitative estimate of drug-likeness (QED) is 0.442. The lowest BCUT2D eigenvalue weighted by Gasteiger charge is -2.06. The zero-order valence-electron chi connectivity index (χ0n) is 13.5. The fourth-order valence-electron chi connectivity index (χ4n) is 2.53. The summed E-state index contributed by atoms with van der Waals surface area (Å²) in [5, 5.41) is 6.25. The molecule has 1 unspecified atom stereocenters. The highest BCUT2D eigenvalue weighted by Gasteiger charge is 2.09. The molecule has 0 radical (unpaired) electrons. The van der Waals surface area contributed by atoms with Crippen molar-refractivity contribution >= 4 is 0 Å². The molecule has 114 valence electrons. The van der Waals surface area contributed by atoms with E-state index in [1.807, 2.05) is 0 Å². The van der Waals surface area contributed by atoms with Crippen LogP contribution in [0.2, 0.25) is 0 Å². The lowest BCUT2D eigenvalue weighted by atomic mass is 10.1. The predicted molar refractivity (Wildman–Crippen MR) is 85.5 cm³/mol. The zero-order chi connectivity index (χ0) is 15.1. The maximum atomic E-state index is 6.25. The molecule has 0 amide bonds. The molecule has 1 N–H and O–H groups in total. The number of nitrogens with zero attached hydrogens (tertiary/aromatic N) is 1. The molecule has 1 rings (SSSR count). The minimum Gasteiger partial charge on any atom is -0.512 e. The van der Waals surface area contributed by atoms with Crippen LogP contribution in [0.3, 0.4) is 0 Å². The molecule has 0 spiro atoms. The Morgan fingerprint density at radius 3 is 2.15 bits per heavy atom. The van der Waals surface area contributed by atoms with Crippen LogP contribution in [0.25, 0.3) is 0 Å². The van der Waals surface area contributed by atoms with Crippen molar-refractivity contribution in [3.8, 4) is 0 Å². The molecule has 0 saturated heterocycles. The van der Waals surface area contributed by atoms with Gasteiger partial charge in [-0.3, -0.25) is 4.90 Å². The van der Waals surface area contributed by atoms with Crippen LogP contribution in [0.5, 0.6) is 0 Å². The number of hydrogen-bond acceptors (Lipinski definition) is 1. The molecule has 2 heteroatoms. The molecular formula is C18H32N2. The number of allylic oxidation sites excluding steroid dienone is 2. The summed E-state index contributed by atoms with van der Waals surface area (Å²) in [5.74, 6) is 0. The Balaban J connectivity index is 0.00000172. The van der Waals surface area contributed by atoms with Crippen LogP contribution in [-0.2, 0) is 0 Å². The lowest BCUT2D eigenvalue weighted by Crippen LogP contribution is -3.01. The molecule has 2 nitrogen and oxygen atoms in total. The van der Waals surface area contributed by atoms with Crippen LogP contribution >= 0.6 is 0 Å². The first-order valence-corrected chi connectivity index (χ1v) is 8.33. The first kappa shape index (κ1) is 18.9. The van der Waals surface area contributed by atoms with Gasteiger partial charge in [0.1, 0.15) is 6.20 Å². The Morgan fingerprint density at radius 2 is 1.50 bits per heavy atom. The third kappa shape index (κ3) is 9.81. The molecule has 1 aliphatic rings. The van der Waals surface area contributed by atoms with Crippen LogP contribution < -0.4 is 4.90 Å². The van der Waals surface area contributed by atoms with Crippen molar-refractivity contribution in [3.05, 3.63) is 30.6 Å². The summed E-state index contributed by atoms with van der Waals surface area (Å²) in [6.45, 7) is 10.6. The third-order valence-electron chi connectivity index (χ3n) is 3.77. The minimum atomic E-state index is 1.27. The van der Waals surface area contributed by atoms with Gasteiger partial charge < -0.3 is 11.8 Å². The Kier molecular flexibility index (Phi) is 13.6. The van der Waals surface area contributed by atoms with Crippen molar-refractivity contribution in [3.63, 3.8) is 0 Å². The highest BCUT2D eigenvalue weighted by atomic mass is 15.1. The summed E-state index contributed by atoms with van der Waals surface area (Å²) in [7, 11) is 0. The monoisotopic (exact) mass is 276 g/mol. The average molecular weight is 276 g/mol. The highest BCUT2D eigenvalue weighted by molar-refractivity contribution is 5.17. The predicted octanol–water partition coefficient (Wildman–Crippen LogP) is 4.32. The fraction of sp³-hybridized carbons (Fsp3) is 0.722. The summed E-state index contributed by atoms with van der Waals surface area (Å²) in [5.41, 5.74) is 1.55. The Labute approximate surface area is 126 Å². The number of unbranched alkanes of at least 4 members (excludes halogenated alkanes) is 7. The van der Waals surface area contributed by atoms with Crippen molar-refractivity contribution in [1.29, 1.82) is 5.26 Å². The highest BCUT2D eigenvalue weighted by Crippen LogP contribution is 2.09. The summed E-state index contributed by atoms with van der Waals surface area (Å²) in [6.07, 6.45) is 20.9. The van der Waals surface area contributed by atoms with Crippen LogP contribution in [0.15, 0.2) is 24.0 Å². The molecule has 0 fully saturated rings. The largest absolute Gasteiger partial charge is 0.512 e. The molecule has 0 aromatic heterocycles. The number of nitrogens with one attached hydrogen (secondary N) is 1. The fourth-order valence-corrected chi connectivity index (χ4v) is 2.53. The van der Waals surface area contributed by atoms with E-state index in [0.717, 1.165) is 0 Å². The molecule has 20 heavy (non-hydrogen) atoms. The van der Waals surface area contributed by atoms with Crippen molar-refractivity contribution in [2.75, 3.05) is 6.54 Å². The van der Waals surface area contributed by atoms with E-state index in [9.17, 15) is 0 Å². The molecule has 1 atom stereocenters. The van der Waals surface area contributed by atoms with Gasteiger partial charge in [0.25, 0.3) is 0 Å². The molecule has 0 saturated carbocycles. The van der Waals surface area contributed by atoms with Crippen molar-refractivity contribution in [1.82, 2.24) is 0 Å². The van der Waals surface area contributed by atoms with Gasteiger partial charge >= 0.3 is 0 Å². The summed E-state index contributed by atoms with van der Waals surface area (Å²) >= 11 is 0. The lowest BCUT2D eigenvalue weighted by molar-refractivity contribution is -0.788. The van der Waals surface area contributed by atoms with Gasteiger partial charge in [-0.25, -0.2) is 0 Å². The van der Waals surface area contributed by atoms with Gasteiger partial charge in [-0.15, -0.1) is 0 Å². The minimum absolute atomic E-state index is 1.27. The summed E-state index contributed by atoms with van der Waals surface area (Å²) in [4.78, 5) is 1.56. The van der Waals surface area contributed by atoms with E-state index in [-0.39, 0.29) is 0 Å². The van der Waals surface area contributed by atoms with Crippen LogP contribution in [0.1, 0.15) is 78.1 Å². The van der Waals surface area contributed by atoms with Gasteiger partial charge in [0.05, 0.1) is 12.7 Å². The molecule has 0 aromatic rings. The average Bonchev–Trinajstić information content (AvgIpc) is 2.94. The van der Waals surface area contributed by atoms with Crippen molar-refractivity contribution < 1.29 is 4.90 Å². The maximum absolute atomic E-state index is 6.25. The first-order chi connectivity index (χ1) is 9.86. The van der Waals surface area contributed by atoms with Gasteiger partial charge in [-0.1, -0.05) is 52.4 Å². The second-order valence-corrected chi connectivity index (χ2v) is 5.60. The van der Waals surface area contributed by atoms with E-state index in [0.29, 0.717) is 0 Å². The molecule has 0 bridgehead atoms. The number of hydrogen-bond donors (Lipinski definition) is 1. The van der Waals surface area contributed by atoms with Gasteiger partial charge in [0.2, 0.25) is 0 Å². The molecule has 1 heterocycles. The number of quaternary nitrogens is 1. The van der Waals surface area contributed by atoms with E-state index in [1.165, 1.54) is 70.8 Å². The van der Waals surface area contributed by atoms with E-state index in [1.54, 1.807) is 10.5 Å². The Bertz CT molecular complexity index is 289. The topological polar surface area (TPSA) is 28.2 Å². The Hall–Kier alpha value is -1.07. The zero-order valence-corrected chi connectivity index (χ0v) is 13.5. The van der Waals surface area contributed by atoms with Crippen molar-refractivity contribution in [2.24, 2.45) is 0 Å². The normalized spacial score (nSPS) is 16.6. The van der Waals surface area contributed by atoms with Crippen LogP contribution in [0, 0.1) is 11.8 Å². The van der Waals surface area contributed by atoms with Gasteiger partial charge in [0, 0.05) is 11.6 Å². The third-order valence-corrected chi connectivity index (χ3v) is 3.77.